The van der Waals surface area contributed by atoms with E-state index >= 15 is 0 Å². The van der Waals surface area contributed by atoms with E-state index in [9.17, 15) is 9.18 Å². The summed E-state index contributed by atoms with van der Waals surface area (Å²) >= 11 is 3.07. The normalized spacial score (nSPS) is 18.1. The third-order valence-corrected chi connectivity index (χ3v) is 4.14. The largest absolute Gasteiger partial charge is 0.381 e. The minimum atomic E-state index is -0.609. The maximum Gasteiger partial charge on any atom is 0.232 e. The van der Waals surface area contributed by atoms with E-state index < -0.39 is 11.2 Å². The molecular weight excluding hydrogens is 315 g/mol. The van der Waals surface area contributed by atoms with E-state index in [1.54, 1.807) is 12.1 Å². The molecule has 0 bridgehead atoms. The molecule has 0 aliphatic carbocycles. The summed E-state index contributed by atoms with van der Waals surface area (Å²) in [5.74, 6) is -0.577. The van der Waals surface area contributed by atoms with Crippen molar-refractivity contribution in [2.75, 3.05) is 25.1 Å². The average Bonchev–Trinajstić information content (AvgIpc) is 2.43. The molecule has 2 rings (SSSR count). The molecule has 6 heteroatoms. The zero-order valence-electron chi connectivity index (χ0n) is 10.4. The van der Waals surface area contributed by atoms with Crippen LogP contribution in [0.5, 0.6) is 0 Å². The van der Waals surface area contributed by atoms with Crippen LogP contribution in [0.15, 0.2) is 22.7 Å². The standard InChI is InChI=1S/C13H16BrFN2O2/c14-10-2-1-9(7-11(10)15)17-12(18)13(8-16)3-5-19-6-4-13/h1-2,7H,3-6,8,16H2,(H,17,18). The summed E-state index contributed by atoms with van der Waals surface area (Å²) in [6.45, 7) is 1.32. The second-order valence-corrected chi connectivity index (χ2v) is 5.53. The first-order valence-corrected chi connectivity index (χ1v) is 6.91. The number of carbonyl (C=O) groups is 1. The third-order valence-electron chi connectivity index (χ3n) is 3.50. The van der Waals surface area contributed by atoms with E-state index in [0.717, 1.165) is 0 Å². The van der Waals surface area contributed by atoms with Crippen molar-refractivity contribution < 1.29 is 13.9 Å². The Balaban J connectivity index is 2.12. The highest BCUT2D eigenvalue weighted by Crippen LogP contribution is 2.31. The van der Waals surface area contributed by atoms with E-state index in [2.05, 4.69) is 21.2 Å². The van der Waals surface area contributed by atoms with Crippen molar-refractivity contribution in [1.82, 2.24) is 0 Å². The van der Waals surface area contributed by atoms with Gasteiger partial charge in [-0.1, -0.05) is 0 Å². The molecule has 1 fully saturated rings. The lowest BCUT2D eigenvalue weighted by Gasteiger charge is -2.34. The summed E-state index contributed by atoms with van der Waals surface area (Å²) < 4.78 is 19.0. The van der Waals surface area contributed by atoms with Crippen LogP contribution in [-0.2, 0) is 9.53 Å². The number of hydrogen-bond acceptors (Lipinski definition) is 3. The second kappa shape index (κ2) is 5.98. The highest BCUT2D eigenvalue weighted by molar-refractivity contribution is 9.10. The minimum Gasteiger partial charge on any atom is -0.381 e. The molecule has 1 saturated heterocycles. The Hall–Kier alpha value is -0.980. The molecule has 4 nitrogen and oxygen atoms in total. The summed E-state index contributed by atoms with van der Waals surface area (Å²) in [6, 6.07) is 4.49. The highest BCUT2D eigenvalue weighted by atomic mass is 79.9. The fourth-order valence-corrected chi connectivity index (χ4v) is 2.37. The van der Waals surface area contributed by atoms with Gasteiger partial charge in [0.05, 0.1) is 9.89 Å². The molecule has 0 spiro atoms. The summed E-state index contributed by atoms with van der Waals surface area (Å²) in [5, 5.41) is 2.74. The monoisotopic (exact) mass is 330 g/mol. The lowest BCUT2D eigenvalue weighted by atomic mass is 9.79. The fraction of sp³-hybridized carbons (Fsp3) is 0.462. The molecule has 3 N–H and O–H groups in total. The topological polar surface area (TPSA) is 64.4 Å². The van der Waals surface area contributed by atoms with Crippen molar-refractivity contribution >= 4 is 27.5 Å². The lowest BCUT2D eigenvalue weighted by Crippen LogP contribution is -2.46. The van der Waals surface area contributed by atoms with Crippen molar-refractivity contribution in [3.63, 3.8) is 0 Å². The molecule has 1 heterocycles. The van der Waals surface area contributed by atoms with Crippen molar-refractivity contribution in [2.45, 2.75) is 12.8 Å². The first kappa shape index (κ1) is 14.4. The fourth-order valence-electron chi connectivity index (χ4n) is 2.12. The molecule has 0 radical (unpaired) electrons. The Labute approximate surface area is 119 Å². The first-order chi connectivity index (χ1) is 9.07. The van der Waals surface area contributed by atoms with E-state index in [0.29, 0.717) is 36.2 Å². The zero-order chi connectivity index (χ0) is 13.9. The molecule has 19 heavy (non-hydrogen) atoms. The van der Waals surface area contributed by atoms with Crippen LogP contribution in [0, 0.1) is 11.2 Å². The van der Waals surface area contributed by atoms with E-state index in [4.69, 9.17) is 10.5 Å². The lowest BCUT2D eigenvalue weighted by molar-refractivity contribution is -0.130. The first-order valence-electron chi connectivity index (χ1n) is 6.12. The maximum atomic E-state index is 13.4. The summed E-state index contributed by atoms with van der Waals surface area (Å²) in [6.07, 6.45) is 1.18. The predicted molar refractivity (Wildman–Crippen MR) is 74.3 cm³/mol. The molecule has 1 aliphatic rings. The summed E-state index contributed by atoms with van der Waals surface area (Å²) in [4.78, 5) is 12.3. The number of benzene rings is 1. The third kappa shape index (κ3) is 3.13. The van der Waals surface area contributed by atoms with Gasteiger partial charge in [-0.2, -0.15) is 0 Å². The van der Waals surface area contributed by atoms with E-state index in [1.807, 2.05) is 0 Å². The van der Waals surface area contributed by atoms with Gasteiger partial charge in [-0.05, 0) is 47.0 Å². The van der Waals surface area contributed by atoms with Crippen LogP contribution in [0.3, 0.4) is 0 Å². The Morgan fingerprint density at radius 2 is 2.16 bits per heavy atom. The van der Waals surface area contributed by atoms with Gasteiger partial charge >= 0.3 is 0 Å². The number of nitrogens with two attached hydrogens (primary N) is 1. The van der Waals surface area contributed by atoms with Crippen LogP contribution in [0.1, 0.15) is 12.8 Å². The number of rotatable bonds is 3. The van der Waals surface area contributed by atoms with Crippen LogP contribution < -0.4 is 11.1 Å². The van der Waals surface area contributed by atoms with Gasteiger partial charge in [0.15, 0.2) is 0 Å². The SMILES string of the molecule is NCC1(C(=O)Nc2ccc(Br)c(F)c2)CCOCC1. The number of anilines is 1. The Morgan fingerprint density at radius 1 is 1.47 bits per heavy atom. The number of carbonyl (C=O) groups excluding carboxylic acids is 1. The van der Waals surface area contributed by atoms with Gasteiger partial charge in [-0.3, -0.25) is 4.79 Å². The van der Waals surface area contributed by atoms with Gasteiger partial charge < -0.3 is 15.8 Å². The quantitative estimate of drug-likeness (QED) is 0.893. The van der Waals surface area contributed by atoms with Crippen LogP contribution in [-0.4, -0.2) is 25.7 Å². The molecule has 0 unspecified atom stereocenters. The summed E-state index contributed by atoms with van der Waals surface area (Å²) in [5.41, 5.74) is 5.57. The molecular formula is C13H16BrFN2O2. The van der Waals surface area contributed by atoms with Gasteiger partial charge in [-0.15, -0.1) is 0 Å². The number of nitrogens with one attached hydrogen (secondary N) is 1. The van der Waals surface area contributed by atoms with Crippen LogP contribution in [0.4, 0.5) is 10.1 Å². The van der Waals surface area contributed by atoms with Crippen molar-refractivity contribution in [3.8, 4) is 0 Å². The minimum absolute atomic E-state index is 0.167. The van der Waals surface area contributed by atoms with E-state index in [1.165, 1.54) is 6.07 Å². The molecule has 1 aliphatic heterocycles. The molecule has 0 atom stereocenters. The number of amides is 1. The van der Waals surface area contributed by atoms with Crippen molar-refractivity contribution in [2.24, 2.45) is 11.1 Å². The maximum absolute atomic E-state index is 13.4. The second-order valence-electron chi connectivity index (χ2n) is 4.68. The zero-order valence-corrected chi connectivity index (χ0v) is 12.0. The van der Waals surface area contributed by atoms with Gasteiger partial charge in [0.1, 0.15) is 5.82 Å². The average molecular weight is 331 g/mol. The van der Waals surface area contributed by atoms with Gasteiger partial charge in [0.2, 0.25) is 5.91 Å². The molecule has 0 aromatic heterocycles. The van der Waals surface area contributed by atoms with Gasteiger partial charge in [-0.25, -0.2) is 4.39 Å². The van der Waals surface area contributed by atoms with Gasteiger partial charge in [0.25, 0.3) is 0 Å². The number of ether oxygens (including phenoxy) is 1. The molecule has 104 valence electrons. The smallest absolute Gasteiger partial charge is 0.232 e. The van der Waals surface area contributed by atoms with E-state index in [-0.39, 0.29) is 12.5 Å². The molecule has 1 aromatic carbocycles. The van der Waals surface area contributed by atoms with Crippen LogP contribution in [0.2, 0.25) is 0 Å². The van der Waals surface area contributed by atoms with Gasteiger partial charge in [0, 0.05) is 25.4 Å². The molecule has 1 amide bonds. The number of halogens is 2. The Bertz CT molecular complexity index is 476. The van der Waals surface area contributed by atoms with Crippen LogP contribution in [0.25, 0.3) is 0 Å². The molecule has 0 saturated carbocycles. The van der Waals surface area contributed by atoms with Crippen molar-refractivity contribution in [1.29, 1.82) is 0 Å². The number of hydrogen-bond donors (Lipinski definition) is 2. The van der Waals surface area contributed by atoms with Crippen LogP contribution >= 0.6 is 15.9 Å². The summed E-state index contributed by atoms with van der Waals surface area (Å²) in [7, 11) is 0. The predicted octanol–water partition coefficient (Wildman–Crippen LogP) is 2.28. The Kier molecular flexibility index (Phi) is 4.54. The highest BCUT2D eigenvalue weighted by Gasteiger charge is 2.38. The van der Waals surface area contributed by atoms with Crippen molar-refractivity contribution in [3.05, 3.63) is 28.5 Å². The molecule has 1 aromatic rings. The Morgan fingerprint density at radius 3 is 2.74 bits per heavy atom.